The molecule has 1 aliphatic rings. The summed E-state index contributed by atoms with van der Waals surface area (Å²) in [7, 11) is 0. The lowest BCUT2D eigenvalue weighted by molar-refractivity contribution is 0.0977. The molecule has 0 bridgehead atoms. The van der Waals surface area contributed by atoms with Crippen LogP contribution >= 0.6 is 23.6 Å². The first-order valence-electron chi connectivity index (χ1n) is 11.7. The highest BCUT2D eigenvalue weighted by Crippen LogP contribution is 2.43. The van der Waals surface area contributed by atoms with Crippen LogP contribution in [0.2, 0.25) is 0 Å². The highest BCUT2D eigenvalue weighted by Gasteiger charge is 2.32. The lowest BCUT2D eigenvalue weighted by Crippen LogP contribution is -2.34. The van der Waals surface area contributed by atoms with E-state index in [4.69, 9.17) is 17.0 Å². The topological polar surface area (TPSA) is 74.2 Å². The average molecular weight is 504 g/mol. The van der Waals surface area contributed by atoms with Gasteiger partial charge in [-0.2, -0.15) is 5.26 Å². The summed E-state index contributed by atoms with van der Waals surface area (Å²) < 4.78 is 5.83. The number of carbonyl (C=O) groups excluding carboxylic acids is 1. The third kappa shape index (κ3) is 6.08. The second kappa shape index (κ2) is 10.6. The third-order valence-electron chi connectivity index (χ3n) is 6.40. The second-order valence-electron chi connectivity index (χ2n) is 9.84. The van der Waals surface area contributed by atoms with Gasteiger partial charge in [0.2, 0.25) is 0 Å². The SMILES string of the molecule is CC(C)(C)[C@@H]1CCc2c(sc(NC(=S)NC(=O)c3cccc(OCc4ccccc4)c3)c2C#N)C1. The molecule has 1 aromatic heterocycles. The maximum Gasteiger partial charge on any atom is 0.257 e. The number of thiocarbonyl (C=S) groups is 1. The Morgan fingerprint density at radius 3 is 2.69 bits per heavy atom. The van der Waals surface area contributed by atoms with Gasteiger partial charge in [-0.05, 0) is 72.1 Å². The Morgan fingerprint density at radius 1 is 1.20 bits per heavy atom. The zero-order valence-electron chi connectivity index (χ0n) is 20.2. The number of anilines is 1. The van der Waals surface area contributed by atoms with Crippen LogP contribution < -0.4 is 15.4 Å². The highest BCUT2D eigenvalue weighted by atomic mass is 32.1. The van der Waals surface area contributed by atoms with Crippen LogP contribution in [0.3, 0.4) is 0 Å². The van der Waals surface area contributed by atoms with Gasteiger partial charge < -0.3 is 10.1 Å². The summed E-state index contributed by atoms with van der Waals surface area (Å²) in [5.74, 6) is 0.850. The fourth-order valence-corrected chi connectivity index (χ4v) is 5.85. The van der Waals surface area contributed by atoms with Crippen molar-refractivity contribution in [3.63, 3.8) is 0 Å². The Bertz CT molecular complexity index is 1270. The maximum absolute atomic E-state index is 12.8. The summed E-state index contributed by atoms with van der Waals surface area (Å²) >= 11 is 6.99. The van der Waals surface area contributed by atoms with Crippen molar-refractivity contribution in [1.29, 1.82) is 5.26 Å². The summed E-state index contributed by atoms with van der Waals surface area (Å²) in [4.78, 5) is 14.1. The van der Waals surface area contributed by atoms with E-state index in [-0.39, 0.29) is 16.4 Å². The molecule has 1 heterocycles. The number of nitriles is 1. The number of fused-ring (bicyclic) bond motifs is 1. The molecule has 0 radical (unpaired) electrons. The van der Waals surface area contributed by atoms with E-state index in [2.05, 4.69) is 37.5 Å². The molecular weight excluding hydrogens is 474 g/mol. The van der Waals surface area contributed by atoms with Crippen molar-refractivity contribution in [1.82, 2.24) is 5.32 Å². The van der Waals surface area contributed by atoms with E-state index in [1.165, 1.54) is 4.88 Å². The van der Waals surface area contributed by atoms with Gasteiger partial charge in [0, 0.05) is 10.4 Å². The van der Waals surface area contributed by atoms with Gasteiger partial charge in [0.05, 0.1) is 5.56 Å². The first kappa shape index (κ1) is 24.9. The van der Waals surface area contributed by atoms with Gasteiger partial charge in [-0.15, -0.1) is 11.3 Å². The molecule has 0 unspecified atom stereocenters. The number of nitrogens with zero attached hydrogens (tertiary/aromatic N) is 1. The van der Waals surface area contributed by atoms with Crippen LogP contribution in [0.15, 0.2) is 54.6 Å². The molecule has 35 heavy (non-hydrogen) atoms. The number of hydrogen-bond donors (Lipinski definition) is 2. The minimum Gasteiger partial charge on any atom is -0.489 e. The highest BCUT2D eigenvalue weighted by molar-refractivity contribution is 7.80. The first-order valence-corrected chi connectivity index (χ1v) is 12.9. The van der Waals surface area contributed by atoms with Crippen molar-refractivity contribution < 1.29 is 9.53 Å². The van der Waals surface area contributed by atoms with E-state index in [1.807, 2.05) is 36.4 Å². The molecule has 2 aromatic carbocycles. The van der Waals surface area contributed by atoms with Gasteiger partial charge in [0.25, 0.3) is 5.91 Å². The second-order valence-corrected chi connectivity index (χ2v) is 11.3. The monoisotopic (exact) mass is 503 g/mol. The standard InChI is InChI=1S/C28H29N3O2S2/c1-28(2,3)20-12-13-22-23(16-29)26(35-24(22)15-20)31-27(34)30-25(32)19-10-7-11-21(14-19)33-17-18-8-5-4-6-9-18/h4-11,14,20H,12-13,15,17H2,1-3H3,(H2,30,31,32,34)/t20-/m1/s1. The van der Waals surface area contributed by atoms with Crippen LogP contribution in [-0.2, 0) is 19.4 Å². The van der Waals surface area contributed by atoms with E-state index < -0.39 is 0 Å². The number of benzene rings is 2. The Morgan fingerprint density at radius 2 is 1.97 bits per heavy atom. The number of rotatable bonds is 5. The van der Waals surface area contributed by atoms with Crippen molar-refractivity contribution in [3.8, 4) is 11.8 Å². The average Bonchev–Trinajstić information content (AvgIpc) is 3.19. The number of nitrogens with one attached hydrogen (secondary N) is 2. The van der Waals surface area contributed by atoms with Gasteiger partial charge in [0.15, 0.2) is 5.11 Å². The van der Waals surface area contributed by atoms with Crippen molar-refractivity contribution >= 4 is 39.6 Å². The third-order valence-corrected chi connectivity index (χ3v) is 7.77. The summed E-state index contributed by atoms with van der Waals surface area (Å²) in [5, 5.41) is 16.5. The maximum atomic E-state index is 12.8. The molecule has 0 spiro atoms. The fraction of sp³-hybridized carbons (Fsp3) is 0.321. The van der Waals surface area contributed by atoms with Crippen LogP contribution in [0, 0.1) is 22.7 Å². The molecular formula is C28H29N3O2S2. The van der Waals surface area contributed by atoms with E-state index in [1.54, 1.807) is 29.5 Å². The van der Waals surface area contributed by atoms with E-state index in [0.717, 1.165) is 30.4 Å². The molecule has 0 aliphatic heterocycles. The predicted octanol–water partition coefficient (Wildman–Crippen LogP) is 6.48. The molecule has 180 valence electrons. The van der Waals surface area contributed by atoms with Crippen LogP contribution in [0.25, 0.3) is 0 Å². The molecule has 0 saturated heterocycles. The van der Waals surface area contributed by atoms with E-state index in [0.29, 0.717) is 34.4 Å². The Labute approximate surface area is 216 Å². The van der Waals surface area contributed by atoms with Crippen molar-refractivity contribution in [2.45, 2.75) is 46.6 Å². The molecule has 3 aromatic rings. The summed E-state index contributed by atoms with van der Waals surface area (Å²) in [6.45, 7) is 7.23. The van der Waals surface area contributed by atoms with Gasteiger partial charge >= 0.3 is 0 Å². The Hall–Kier alpha value is -3.21. The minimum atomic E-state index is -0.333. The van der Waals surface area contributed by atoms with Crippen molar-refractivity contribution in [3.05, 3.63) is 81.7 Å². The summed E-state index contributed by atoms with van der Waals surface area (Å²) in [5.41, 5.74) is 3.49. The zero-order valence-corrected chi connectivity index (χ0v) is 21.8. The lowest BCUT2D eigenvalue weighted by atomic mass is 9.72. The minimum absolute atomic E-state index is 0.174. The van der Waals surface area contributed by atoms with Crippen LogP contribution in [0.5, 0.6) is 5.75 Å². The fourth-order valence-electron chi connectivity index (χ4n) is 4.31. The van der Waals surface area contributed by atoms with Gasteiger partial charge in [-0.1, -0.05) is 57.2 Å². The quantitative estimate of drug-likeness (QED) is 0.390. The molecule has 1 atom stereocenters. The van der Waals surface area contributed by atoms with E-state index in [9.17, 15) is 10.1 Å². The molecule has 2 N–H and O–H groups in total. The molecule has 1 amide bonds. The lowest BCUT2D eigenvalue weighted by Gasteiger charge is -2.33. The zero-order chi connectivity index (χ0) is 25.0. The number of carbonyl (C=O) groups is 1. The molecule has 7 heteroatoms. The molecule has 0 fully saturated rings. The molecule has 1 aliphatic carbocycles. The van der Waals surface area contributed by atoms with Gasteiger partial charge in [-0.3, -0.25) is 10.1 Å². The van der Waals surface area contributed by atoms with Crippen LogP contribution in [0.4, 0.5) is 5.00 Å². The predicted molar refractivity (Wildman–Crippen MR) is 145 cm³/mol. The van der Waals surface area contributed by atoms with Gasteiger partial charge in [0.1, 0.15) is 23.4 Å². The Kier molecular flexibility index (Phi) is 7.54. The molecule has 5 nitrogen and oxygen atoms in total. The van der Waals surface area contributed by atoms with Gasteiger partial charge in [-0.25, -0.2) is 0 Å². The Balaban J connectivity index is 1.40. The van der Waals surface area contributed by atoms with Crippen molar-refractivity contribution in [2.75, 3.05) is 5.32 Å². The smallest absolute Gasteiger partial charge is 0.257 e. The van der Waals surface area contributed by atoms with Crippen molar-refractivity contribution in [2.24, 2.45) is 11.3 Å². The molecule has 4 rings (SSSR count). The van der Waals surface area contributed by atoms with Crippen LogP contribution in [0.1, 0.15) is 59.1 Å². The first-order chi connectivity index (χ1) is 16.7. The summed E-state index contributed by atoms with van der Waals surface area (Å²) in [6.07, 6.45) is 2.94. The number of thiophene rings is 1. The summed E-state index contributed by atoms with van der Waals surface area (Å²) in [6, 6.07) is 19.2. The number of amides is 1. The number of ether oxygens (including phenoxy) is 1. The number of hydrogen-bond acceptors (Lipinski definition) is 5. The molecule has 0 saturated carbocycles. The van der Waals surface area contributed by atoms with E-state index >= 15 is 0 Å². The largest absolute Gasteiger partial charge is 0.489 e. The van der Waals surface area contributed by atoms with Crippen LogP contribution in [-0.4, -0.2) is 11.0 Å². The normalized spacial score (nSPS) is 15.0.